The zero-order valence-corrected chi connectivity index (χ0v) is 28.5. The Kier molecular flexibility index (Phi) is 8.97. The number of hydrogen-bond acceptors (Lipinski definition) is 7. The van der Waals surface area contributed by atoms with Gasteiger partial charge in [-0.15, -0.1) is 0 Å². The molecular weight excluding hydrogens is 620 g/mol. The monoisotopic (exact) mass is 665 g/mol. The molecule has 2 amide bonds. The maximum absolute atomic E-state index is 15.8. The third-order valence-corrected chi connectivity index (χ3v) is 9.97. The Balaban J connectivity index is 1.45. The number of methoxy groups -OCH3 is 2. The molecule has 0 spiro atoms. The number of ether oxygens (including phenoxy) is 2. The van der Waals surface area contributed by atoms with Gasteiger partial charge >= 0.3 is 0 Å². The van der Waals surface area contributed by atoms with Gasteiger partial charge in [0.1, 0.15) is 16.9 Å². The predicted octanol–water partition coefficient (Wildman–Crippen LogP) is 5.20. The lowest BCUT2D eigenvalue weighted by molar-refractivity contribution is -0.130. The van der Waals surface area contributed by atoms with Crippen LogP contribution in [0.5, 0.6) is 5.75 Å². The largest absolute Gasteiger partial charge is 0.494 e. The number of benzene rings is 1. The molecule has 13 heteroatoms. The Hall–Kier alpha value is -4.10. The van der Waals surface area contributed by atoms with Crippen molar-refractivity contribution in [3.63, 3.8) is 0 Å². The zero-order valence-electron chi connectivity index (χ0n) is 28.5. The Morgan fingerprint density at radius 1 is 1.10 bits per heavy atom. The van der Waals surface area contributed by atoms with E-state index in [-0.39, 0.29) is 36.8 Å². The molecule has 4 aromatic rings. The molecule has 1 fully saturated rings. The average Bonchev–Trinajstić information content (AvgIpc) is 3.57. The molecule has 6 rings (SSSR count). The number of nitrogens with two attached hydrogens (primary N) is 1. The quantitative estimate of drug-likeness (QED) is 0.307. The number of halogens is 2. The number of piperidine rings is 1. The number of amides is 2. The second-order valence-electron chi connectivity index (χ2n) is 13.9. The minimum Gasteiger partial charge on any atom is -0.494 e. The van der Waals surface area contributed by atoms with E-state index < -0.39 is 23.9 Å². The number of imidazole rings is 1. The van der Waals surface area contributed by atoms with Crippen LogP contribution in [-0.4, -0.2) is 81.2 Å². The summed E-state index contributed by atoms with van der Waals surface area (Å²) in [5, 5.41) is 3.74. The maximum atomic E-state index is 15.8. The highest BCUT2D eigenvalue weighted by Crippen LogP contribution is 2.37. The van der Waals surface area contributed by atoms with Crippen molar-refractivity contribution in [3.05, 3.63) is 41.6 Å². The first-order chi connectivity index (χ1) is 22.7. The van der Waals surface area contributed by atoms with Crippen LogP contribution in [-0.2, 0) is 23.1 Å². The van der Waals surface area contributed by atoms with Crippen LogP contribution < -0.4 is 15.8 Å². The third kappa shape index (κ3) is 6.25. The van der Waals surface area contributed by atoms with Crippen LogP contribution in [0.2, 0.25) is 0 Å². The van der Waals surface area contributed by atoms with E-state index >= 15 is 8.78 Å². The predicted molar refractivity (Wildman–Crippen MR) is 179 cm³/mol. The number of fused-ring (bicyclic) bond motifs is 2. The van der Waals surface area contributed by atoms with Crippen molar-refractivity contribution < 1.29 is 27.8 Å². The fourth-order valence-electron chi connectivity index (χ4n) is 7.01. The summed E-state index contributed by atoms with van der Waals surface area (Å²) in [7, 11) is 4.94. The van der Waals surface area contributed by atoms with Gasteiger partial charge in [-0.2, -0.15) is 0 Å². The van der Waals surface area contributed by atoms with Crippen LogP contribution in [0.3, 0.4) is 0 Å². The first kappa shape index (κ1) is 33.8. The van der Waals surface area contributed by atoms with E-state index in [4.69, 9.17) is 25.2 Å². The normalized spacial score (nSPS) is 23.3. The summed E-state index contributed by atoms with van der Waals surface area (Å²) in [6.45, 7) is 5.81. The van der Waals surface area contributed by atoms with Crippen LogP contribution >= 0.6 is 0 Å². The number of pyridine rings is 1. The molecule has 3 N–H and O–H groups in total. The summed E-state index contributed by atoms with van der Waals surface area (Å²) in [4.78, 5) is 38.2. The highest BCUT2D eigenvalue weighted by Gasteiger charge is 2.35. The number of rotatable bonds is 4. The van der Waals surface area contributed by atoms with Crippen LogP contribution in [0.25, 0.3) is 33.6 Å². The summed E-state index contributed by atoms with van der Waals surface area (Å²) in [5.41, 5.74) is 8.50. The van der Waals surface area contributed by atoms with Crippen molar-refractivity contribution in [1.29, 1.82) is 0 Å². The number of aryl methyl sites for hydroxylation is 1. The molecule has 3 aromatic heterocycles. The van der Waals surface area contributed by atoms with Crippen molar-refractivity contribution in [2.24, 2.45) is 18.2 Å². The van der Waals surface area contributed by atoms with Gasteiger partial charge in [-0.05, 0) is 56.5 Å². The number of carbonyl (C=O) groups is 2. The minimum atomic E-state index is -3.04. The molecule has 5 heterocycles. The third-order valence-electron chi connectivity index (χ3n) is 9.97. The van der Waals surface area contributed by atoms with Gasteiger partial charge < -0.3 is 34.6 Å². The van der Waals surface area contributed by atoms with Crippen LogP contribution in [0.4, 0.5) is 8.78 Å². The number of hydrogen-bond donors (Lipinski definition) is 2. The molecule has 2 aliphatic rings. The first-order valence-corrected chi connectivity index (χ1v) is 16.5. The maximum Gasteiger partial charge on any atom is 0.265 e. The number of aromatic nitrogens is 4. The topological polar surface area (TPSA) is 130 Å². The highest BCUT2D eigenvalue weighted by molar-refractivity contribution is 6.00. The summed E-state index contributed by atoms with van der Waals surface area (Å²) >= 11 is 0. The van der Waals surface area contributed by atoms with Crippen molar-refractivity contribution in [1.82, 2.24) is 29.3 Å². The van der Waals surface area contributed by atoms with Crippen molar-refractivity contribution >= 4 is 33.9 Å². The smallest absolute Gasteiger partial charge is 0.265 e. The number of likely N-dealkylation sites (tertiary alicyclic amines) is 1. The fraction of sp³-hybridized carbons (Fsp3) is 0.543. The second-order valence-corrected chi connectivity index (χ2v) is 13.9. The van der Waals surface area contributed by atoms with Gasteiger partial charge in [-0.1, -0.05) is 20.3 Å². The average molecular weight is 666 g/mol. The Morgan fingerprint density at radius 2 is 1.85 bits per heavy atom. The molecule has 1 aromatic carbocycles. The summed E-state index contributed by atoms with van der Waals surface area (Å²) in [5.74, 6) is -2.51. The molecule has 48 heavy (non-hydrogen) atoms. The van der Waals surface area contributed by atoms with E-state index in [0.29, 0.717) is 82.9 Å². The molecule has 0 aliphatic carbocycles. The van der Waals surface area contributed by atoms with Gasteiger partial charge in [0.2, 0.25) is 5.91 Å². The number of nitrogens with one attached hydrogen (secondary N) is 1. The molecule has 2 aliphatic heterocycles. The lowest BCUT2D eigenvalue weighted by atomic mass is 9.85. The van der Waals surface area contributed by atoms with E-state index in [1.807, 2.05) is 39.0 Å². The number of nitrogens with zero attached hydrogens (tertiary/aromatic N) is 5. The van der Waals surface area contributed by atoms with Crippen LogP contribution in [0.1, 0.15) is 75.0 Å². The first-order valence-electron chi connectivity index (χ1n) is 16.5. The minimum absolute atomic E-state index is 0.111. The molecule has 2 bridgehead atoms. The summed E-state index contributed by atoms with van der Waals surface area (Å²) in [6, 6.07) is 8.13. The number of carbonyl (C=O) groups excluding carboxylic acids is 2. The van der Waals surface area contributed by atoms with Crippen LogP contribution in [0.15, 0.2) is 30.3 Å². The molecule has 258 valence electrons. The SMILES string of the molecule is COc1cc(C(=O)N2CC[C@@H](OC)[C@@H](N)C2)cc2nc(-c3cc4ccc5nc4n3CC(F)(F)CCCCC(C)(C)C(=O)N[C@@H]5C)n(C)c12. The molecule has 0 unspecified atom stereocenters. The van der Waals surface area contributed by atoms with Gasteiger partial charge in [-0.3, -0.25) is 9.59 Å². The number of alkyl halides is 2. The standard InChI is InChI=1S/C35H45F2N7O4/c1-20-24-10-9-21-16-26(44(30(21)40-24)19-35(36,37)13-8-7-12-34(2,3)33(46)39-20)31-41-25-15-22(17-28(48-6)29(25)42(31)4)32(45)43-14-11-27(47-5)23(38)18-43/h9-10,15-17,20,23,27H,7-8,11-14,18-19,38H2,1-6H3,(H,39,46)/t20-,23+,27-/m1/s1. The van der Waals surface area contributed by atoms with E-state index in [2.05, 4.69) is 5.32 Å². The molecule has 11 nitrogen and oxygen atoms in total. The molecule has 0 radical (unpaired) electrons. The van der Waals surface area contributed by atoms with Crippen molar-refractivity contribution in [3.8, 4) is 17.3 Å². The lowest BCUT2D eigenvalue weighted by Gasteiger charge is -2.36. The molecule has 1 saturated heterocycles. The van der Waals surface area contributed by atoms with E-state index in [1.54, 1.807) is 35.8 Å². The van der Waals surface area contributed by atoms with Gasteiger partial charge in [-0.25, -0.2) is 18.7 Å². The van der Waals surface area contributed by atoms with Crippen LogP contribution in [0, 0.1) is 5.41 Å². The molecular formula is C35H45F2N7O4. The van der Waals surface area contributed by atoms with Crippen molar-refractivity contribution in [2.45, 2.75) is 83.5 Å². The molecule has 0 saturated carbocycles. The van der Waals surface area contributed by atoms with E-state index in [0.717, 1.165) is 0 Å². The second kappa shape index (κ2) is 12.7. The summed E-state index contributed by atoms with van der Waals surface area (Å²) < 4.78 is 46.1. The van der Waals surface area contributed by atoms with Crippen molar-refractivity contribution in [2.75, 3.05) is 27.3 Å². The highest BCUT2D eigenvalue weighted by atomic mass is 19.3. The Bertz CT molecular complexity index is 1870. The van der Waals surface area contributed by atoms with Gasteiger partial charge in [0.15, 0.2) is 5.82 Å². The Morgan fingerprint density at radius 3 is 2.56 bits per heavy atom. The fourth-order valence-corrected chi connectivity index (χ4v) is 7.01. The van der Waals surface area contributed by atoms with E-state index in [9.17, 15) is 9.59 Å². The van der Waals surface area contributed by atoms with Gasteiger partial charge in [0.05, 0.1) is 42.7 Å². The lowest BCUT2D eigenvalue weighted by Crippen LogP contribution is -2.53. The van der Waals surface area contributed by atoms with E-state index in [1.165, 1.54) is 11.7 Å². The Labute approximate surface area is 278 Å². The van der Waals surface area contributed by atoms with Gasteiger partial charge in [0, 0.05) is 56.1 Å². The van der Waals surface area contributed by atoms with Gasteiger partial charge in [0.25, 0.3) is 11.8 Å². The summed E-state index contributed by atoms with van der Waals surface area (Å²) in [6.07, 6.45) is 1.47. The molecule has 3 atom stereocenters. The zero-order chi connectivity index (χ0) is 34.5.